The van der Waals surface area contributed by atoms with Gasteiger partial charge in [-0.25, -0.2) is 0 Å². The van der Waals surface area contributed by atoms with Crippen molar-refractivity contribution in [3.8, 4) is 0 Å². The van der Waals surface area contributed by atoms with Crippen molar-refractivity contribution in [3.05, 3.63) is 0 Å². The summed E-state index contributed by atoms with van der Waals surface area (Å²) in [7, 11) is 0. The minimum atomic E-state index is -0.599. The Kier molecular flexibility index (Phi) is 7.45. The molecule has 1 aliphatic heterocycles. The van der Waals surface area contributed by atoms with Gasteiger partial charge in [-0.1, -0.05) is 6.42 Å². The maximum atomic E-state index is 11.9. The summed E-state index contributed by atoms with van der Waals surface area (Å²) in [6, 6.07) is 0. The monoisotopic (exact) mass is 342 g/mol. The first-order valence-electron chi connectivity index (χ1n) is 9.30. The summed E-state index contributed by atoms with van der Waals surface area (Å²) in [5, 5.41) is 5.32. The van der Waals surface area contributed by atoms with Gasteiger partial charge in [-0.15, -0.1) is 0 Å². The lowest BCUT2D eigenvalue weighted by atomic mass is 9.94. The third-order valence-electron chi connectivity index (χ3n) is 4.99. The lowest BCUT2D eigenvalue weighted by Crippen LogP contribution is -3.12. The molecule has 1 atom stereocenters. The third kappa shape index (κ3) is 5.43. The average Bonchev–Trinajstić information content (AvgIpc) is 2.99. The number of likely N-dealkylation sites (N-methyl/N-ethyl adjacent to an activating group) is 1. The van der Waals surface area contributed by atoms with Crippen LogP contribution >= 0.6 is 0 Å². The highest BCUT2D eigenvalue weighted by atomic mass is 16.7. The van der Waals surface area contributed by atoms with Crippen molar-refractivity contribution in [2.24, 2.45) is 0 Å². The minimum Gasteiger partial charge on any atom is -0.347 e. The molecule has 2 aliphatic rings. The van der Waals surface area contributed by atoms with Crippen molar-refractivity contribution in [1.82, 2.24) is 10.6 Å². The molecule has 1 aliphatic carbocycles. The zero-order valence-electron chi connectivity index (χ0n) is 15.0. The molecule has 1 saturated heterocycles. The molecular formula is C17H32N3O4+. The van der Waals surface area contributed by atoms with Crippen LogP contribution in [0.15, 0.2) is 0 Å². The van der Waals surface area contributed by atoms with Crippen LogP contribution in [0.25, 0.3) is 0 Å². The molecule has 0 aromatic heterocycles. The summed E-state index contributed by atoms with van der Waals surface area (Å²) in [5.41, 5.74) is 0. The van der Waals surface area contributed by atoms with E-state index < -0.39 is 17.6 Å². The molecule has 0 unspecified atom stereocenters. The van der Waals surface area contributed by atoms with Crippen LogP contribution in [0.3, 0.4) is 0 Å². The van der Waals surface area contributed by atoms with Crippen molar-refractivity contribution in [1.29, 1.82) is 0 Å². The van der Waals surface area contributed by atoms with Gasteiger partial charge >= 0.3 is 11.8 Å². The Morgan fingerprint density at radius 2 is 1.75 bits per heavy atom. The fourth-order valence-electron chi connectivity index (χ4n) is 3.39. The maximum Gasteiger partial charge on any atom is 0.309 e. The van der Waals surface area contributed by atoms with Crippen molar-refractivity contribution in [2.45, 2.75) is 57.8 Å². The lowest BCUT2D eigenvalue weighted by molar-refractivity contribution is -0.895. The van der Waals surface area contributed by atoms with E-state index in [0.29, 0.717) is 19.7 Å². The predicted octanol–water partition coefficient (Wildman–Crippen LogP) is -0.781. The van der Waals surface area contributed by atoms with Gasteiger partial charge in [0.05, 0.1) is 32.8 Å². The van der Waals surface area contributed by atoms with E-state index in [9.17, 15) is 9.59 Å². The van der Waals surface area contributed by atoms with Gasteiger partial charge in [0.1, 0.15) is 6.10 Å². The van der Waals surface area contributed by atoms with Gasteiger partial charge in [-0.3, -0.25) is 9.59 Å². The number of rotatable bonds is 7. The number of hydrogen-bond acceptors (Lipinski definition) is 4. The Labute approximate surface area is 144 Å². The van der Waals surface area contributed by atoms with Crippen LogP contribution < -0.4 is 15.5 Å². The summed E-state index contributed by atoms with van der Waals surface area (Å²) in [6.07, 6.45) is 5.15. The standard InChI is InChI=1S/C17H31N3O4/c1-3-20(4-2)11-10-18-15(21)16(22)19-12-14-13-23-17(24-14)8-6-5-7-9-17/h14H,3-13H2,1-2H3,(H,18,21)(H,19,22)/p+1/t14-/m1/s1. The number of carbonyl (C=O) groups is 2. The highest BCUT2D eigenvalue weighted by molar-refractivity contribution is 6.35. The number of amides is 2. The van der Waals surface area contributed by atoms with Crippen LogP contribution in [0.2, 0.25) is 0 Å². The molecule has 2 amide bonds. The third-order valence-corrected chi connectivity index (χ3v) is 4.99. The summed E-state index contributed by atoms with van der Waals surface area (Å²) in [4.78, 5) is 25.0. The fraction of sp³-hybridized carbons (Fsp3) is 0.882. The lowest BCUT2D eigenvalue weighted by Gasteiger charge is -2.31. The van der Waals surface area contributed by atoms with E-state index in [1.807, 2.05) is 0 Å². The van der Waals surface area contributed by atoms with Gasteiger partial charge in [0.25, 0.3) is 0 Å². The Balaban J connectivity index is 1.63. The molecule has 0 radical (unpaired) electrons. The van der Waals surface area contributed by atoms with Crippen LogP contribution in [0.4, 0.5) is 0 Å². The number of ether oxygens (including phenoxy) is 2. The van der Waals surface area contributed by atoms with Crippen LogP contribution in [-0.2, 0) is 19.1 Å². The number of carbonyl (C=O) groups excluding carboxylic acids is 2. The highest BCUT2D eigenvalue weighted by Crippen LogP contribution is 2.37. The molecule has 138 valence electrons. The van der Waals surface area contributed by atoms with Crippen molar-refractivity contribution < 1.29 is 24.0 Å². The number of hydrogen-bond donors (Lipinski definition) is 3. The van der Waals surface area contributed by atoms with Gasteiger partial charge < -0.3 is 25.0 Å². The molecule has 24 heavy (non-hydrogen) atoms. The van der Waals surface area contributed by atoms with Gasteiger partial charge in [0.15, 0.2) is 5.79 Å². The van der Waals surface area contributed by atoms with E-state index in [2.05, 4.69) is 24.5 Å². The van der Waals surface area contributed by atoms with Crippen LogP contribution in [0.1, 0.15) is 46.0 Å². The first-order chi connectivity index (χ1) is 11.6. The maximum absolute atomic E-state index is 11.9. The second kappa shape index (κ2) is 9.34. The molecular weight excluding hydrogens is 310 g/mol. The van der Waals surface area contributed by atoms with E-state index in [1.54, 1.807) is 0 Å². The molecule has 3 N–H and O–H groups in total. The summed E-state index contributed by atoms with van der Waals surface area (Å²) in [5.74, 6) is -1.62. The van der Waals surface area contributed by atoms with Crippen molar-refractivity contribution >= 4 is 11.8 Å². The largest absolute Gasteiger partial charge is 0.347 e. The minimum absolute atomic E-state index is 0.167. The molecule has 1 heterocycles. The normalized spacial score (nSPS) is 22.7. The second-order valence-corrected chi connectivity index (χ2v) is 6.70. The van der Waals surface area contributed by atoms with Crippen LogP contribution in [0, 0.1) is 0 Å². The quantitative estimate of drug-likeness (QED) is 0.530. The Morgan fingerprint density at radius 1 is 1.08 bits per heavy atom. The molecule has 0 aromatic rings. The van der Waals surface area contributed by atoms with Crippen molar-refractivity contribution in [2.75, 3.05) is 39.3 Å². The Hall–Kier alpha value is -1.18. The zero-order valence-corrected chi connectivity index (χ0v) is 15.0. The molecule has 1 spiro atoms. The van der Waals surface area contributed by atoms with Crippen LogP contribution in [-0.4, -0.2) is 63.0 Å². The fourth-order valence-corrected chi connectivity index (χ4v) is 3.39. The summed E-state index contributed by atoms with van der Waals surface area (Å²) in [6.45, 7) is 8.37. The Morgan fingerprint density at radius 3 is 2.42 bits per heavy atom. The number of nitrogens with one attached hydrogen (secondary N) is 3. The summed E-state index contributed by atoms with van der Waals surface area (Å²) < 4.78 is 11.8. The second-order valence-electron chi connectivity index (χ2n) is 6.70. The smallest absolute Gasteiger partial charge is 0.309 e. The molecule has 1 saturated carbocycles. The van der Waals surface area contributed by atoms with E-state index >= 15 is 0 Å². The van der Waals surface area contributed by atoms with Gasteiger partial charge in [0, 0.05) is 19.4 Å². The van der Waals surface area contributed by atoms with Crippen LogP contribution in [0.5, 0.6) is 0 Å². The topological polar surface area (TPSA) is 81.1 Å². The molecule has 7 heteroatoms. The summed E-state index contributed by atoms with van der Waals surface area (Å²) >= 11 is 0. The van der Waals surface area contributed by atoms with E-state index in [1.165, 1.54) is 11.3 Å². The van der Waals surface area contributed by atoms with Crippen molar-refractivity contribution in [3.63, 3.8) is 0 Å². The molecule has 2 rings (SSSR count). The Bertz CT molecular complexity index is 420. The highest BCUT2D eigenvalue weighted by Gasteiger charge is 2.42. The van der Waals surface area contributed by atoms with E-state index in [0.717, 1.165) is 45.3 Å². The predicted molar refractivity (Wildman–Crippen MR) is 89.6 cm³/mol. The van der Waals surface area contributed by atoms with E-state index in [4.69, 9.17) is 9.47 Å². The molecule has 0 bridgehead atoms. The zero-order chi connectivity index (χ0) is 17.4. The molecule has 7 nitrogen and oxygen atoms in total. The average molecular weight is 342 g/mol. The first kappa shape index (κ1) is 19.1. The first-order valence-corrected chi connectivity index (χ1v) is 9.30. The van der Waals surface area contributed by atoms with Gasteiger partial charge in [0.2, 0.25) is 0 Å². The molecule has 0 aromatic carbocycles. The number of quaternary nitrogens is 1. The molecule has 2 fully saturated rings. The van der Waals surface area contributed by atoms with Gasteiger partial charge in [-0.05, 0) is 26.7 Å². The SMILES string of the molecule is CC[NH+](CC)CCNC(=O)C(=O)NC[C@@H]1COC2(CCCCC2)O1. The van der Waals surface area contributed by atoms with E-state index in [-0.39, 0.29) is 6.10 Å². The van der Waals surface area contributed by atoms with Gasteiger partial charge in [-0.2, -0.15) is 0 Å².